The van der Waals surface area contributed by atoms with Crippen LogP contribution < -0.4 is 4.90 Å². The van der Waals surface area contributed by atoms with Crippen LogP contribution in [0.2, 0.25) is 0 Å². The second kappa shape index (κ2) is 6.16. The van der Waals surface area contributed by atoms with Gasteiger partial charge in [-0.3, -0.25) is 14.5 Å². The van der Waals surface area contributed by atoms with Crippen molar-refractivity contribution in [3.63, 3.8) is 0 Å². The third-order valence-electron chi connectivity index (χ3n) is 3.14. The SMILES string of the molecule is CC(=O)c1ccc(N2C(=O)C(=Cc3cccs3)SC2=S)cc1. The minimum atomic E-state index is -0.126. The highest BCUT2D eigenvalue weighted by Gasteiger charge is 2.33. The zero-order chi connectivity index (χ0) is 15.7. The summed E-state index contributed by atoms with van der Waals surface area (Å²) < 4.78 is 0.503. The maximum atomic E-state index is 12.5. The number of nitrogens with zero attached hydrogens (tertiary/aromatic N) is 1. The van der Waals surface area contributed by atoms with Gasteiger partial charge >= 0.3 is 0 Å². The van der Waals surface area contributed by atoms with E-state index in [9.17, 15) is 9.59 Å². The molecule has 0 aliphatic carbocycles. The molecule has 1 aromatic carbocycles. The molecule has 6 heteroatoms. The summed E-state index contributed by atoms with van der Waals surface area (Å²) in [4.78, 5) is 27.0. The molecule has 0 spiro atoms. The van der Waals surface area contributed by atoms with E-state index in [2.05, 4.69) is 0 Å². The Balaban J connectivity index is 1.90. The molecule has 0 saturated carbocycles. The van der Waals surface area contributed by atoms with E-state index >= 15 is 0 Å². The summed E-state index contributed by atoms with van der Waals surface area (Å²) in [6, 6.07) is 10.8. The lowest BCUT2D eigenvalue weighted by atomic mass is 10.1. The Morgan fingerprint density at radius 2 is 1.95 bits per heavy atom. The zero-order valence-electron chi connectivity index (χ0n) is 11.6. The second-order valence-electron chi connectivity index (χ2n) is 4.64. The summed E-state index contributed by atoms with van der Waals surface area (Å²) in [6.07, 6.45) is 1.86. The van der Waals surface area contributed by atoms with Gasteiger partial charge in [0.1, 0.15) is 0 Å². The molecule has 110 valence electrons. The van der Waals surface area contributed by atoms with Crippen molar-refractivity contribution < 1.29 is 9.59 Å². The number of amides is 1. The first-order valence-electron chi connectivity index (χ1n) is 6.49. The number of hydrogen-bond acceptors (Lipinski definition) is 5. The fraction of sp³-hybridized carbons (Fsp3) is 0.0625. The first-order valence-corrected chi connectivity index (χ1v) is 8.59. The predicted molar refractivity (Wildman–Crippen MR) is 96.4 cm³/mol. The molecular weight excluding hydrogens is 334 g/mol. The van der Waals surface area contributed by atoms with Crippen molar-refractivity contribution in [3.8, 4) is 0 Å². The average molecular weight is 345 g/mol. The van der Waals surface area contributed by atoms with Gasteiger partial charge in [-0.2, -0.15) is 0 Å². The standard InChI is InChI=1S/C16H11NO2S3/c1-10(18)11-4-6-12(7-5-11)17-15(19)14(22-16(17)20)9-13-3-2-8-21-13/h2-9H,1H3. The van der Waals surface area contributed by atoms with Crippen molar-refractivity contribution in [1.82, 2.24) is 0 Å². The highest BCUT2D eigenvalue weighted by Crippen LogP contribution is 2.36. The normalized spacial score (nSPS) is 16.6. The number of benzene rings is 1. The Labute approximate surface area is 141 Å². The van der Waals surface area contributed by atoms with Crippen molar-refractivity contribution >= 4 is 63.1 Å². The van der Waals surface area contributed by atoms with E-state index in [-0.39, 0.29) is 11.7 Å². The molecule has 0 atom stereocenters. The number of rotatable bonds is 3. The highest BCUT2D eigenvalue weighted by molar-refractivity contribution is 8.27. The summed E-state index contributed by atoms with van der Waals surface area (Å²) in [7, 11) is 0. The number of carbonyl (C=O) groups is 2. The van der Waals surface area contributed by atoms with E-state index < -0.39 is 0 Å². The molecule has 1 aromatic heterocycles. The van der Waals surface area contributed by atoms with Gasteiger partial charge in [0.15, 0.2) is 10.1 Å². The van der Waals surface area contributed by atoms with Crippen molar-refractivity contribution in [2.45, 2.75) is 6.92 Å². The predicted octanol–water partition coefficient (Wildman–Crippen LogP) is 4.36. The molecule has 2 aromatic rings. The summed E-state index contributed by atoms with van der Waals surface area (Å²) in [6.45, 7) is 1.51. The van der Waals surface area contributed by atoms with Crippen LogP contribution in [-0.2, 0) is 4.79 Å². The van der Waals surface area contributed by atoms with E-state index in [1.807, 2.05) is 23.6 Å². The Kier molecular flexibility index (Phi) is 4.24. The molecule has 0 N–H and O–H groups in total. The number of thiophene rings is 1. The Bertz CT molecular complexity index is 776. The van der Waals surface area contributed by atoms with Crippen molar-refractivity contribution in [3.05, 3.63) is 57.1 Å². The quantitative estimate of drug-likeness (QED) is 0.471. The molecule has 1 fully saturated rings. The number of hydrogen-bond donors (Lipinski definition) is 0. The van der Waals surface area contributed by atoms with Gasteiger partial charge in [0.25, 0.3) is 5.91 Å². The number of carbonyl (C=O) groups excluding carboxylic acids is 2. The van der Waals surface area contributed by atoms with Gasteiger partial charge in [0, 0.05) is 10.4 Å². The molecule has 0 bridgehead atoms. The average Bonchev–Trinajstić information content (AvgIpc) is 3.09. The molecule has 0 radical (unpaired) electrons. The molecule has 1 aliphatic heterocycles. The maximum absolute atomic E-state index is 12.5. The molecular formula is C16H11NO2S3. The number of thioether (sulfide) groups is 1. The second-order valence-corrected chi connectivity index (χ2v) is 7.29. The van der Waals surface area contributed by atoms with Gasteiger partial charge in [0.2, 0.25) is 0 Å². The van der Waals surface area contributed by atoms with Crippen LogP contribution in [0.15, 0.2) is 46.7 Å². The maximum Gasteiger partial charge on any atom is 0.270 e. The molecule has 22 heavy (non-hydrogen) atoms. The smallest absolute Gasteiger partial charge is 0.270 e. The van der Waals surface area contributed by atoms with Crippen LogP contribution in [0, 0.1) is 0 Å². The molecule has 2 heterocycles. The van der Waals surface area contributed by atoms with Crippen molar-refractivity contribution in [1.29, 1.82) is 0 Å². The fourth-order valence-electron chi connectivity index (χ4n) is 2.04. The number of thiocarbonyl (C=S) groups is 1. The third-order valence-corrected chi connectivity index (χ3v) is 5.26. The first-order chi connectivity index (χ1) is 10.6. The number of Topliss-reactive ketones (excluding diaryl/α,β-unsaturated/α-hetero) is 1. The summed E-state index contributed by atoms with van der Waals surface area (Å²) in [5, 5.41) is 1.97. The van der Waals surface area contributed by atoms with Gasteiger partial charge in [-0.25, -0.2) is 0 Å². The van der Waals surface area contributed by atoms with Crippen molar-refractivity contribution in [2.75, 3.05) is 4.90 Å². The van der Waals surface area contributed by atoms with Crippen LogP contribution in [0.1, 0.15) is 22.2 Å². The Morgan fingerprint density at radius 3 is 2.55 bits per heavy atom. The largest absolute Gasteiger partial charge is 0.295 e. The van der Waals surface area contributed by atoms with Crippen LogP contribution >= 0.6 is 35.3 Å². The van der Waals surface area contributed by atoms with E-state index in [0.717, 1.165) is 4.88 Å². The van der Waals surface area contributed by atoms with Crippen LogP contribution in [-0.4, -0.2) is 16.0 Å². The lowest BCUT2D eigenvalue weighted by Gasteiger charge is -2.14. The summed E-state index contributed by atoms with van der Waals surface area (Å²) >= 11 is 8.19. The van der Waals surface area contributed by atoms with Crippen molar-refractivity contribution in [2.24, 2.45) is 0 Å². The van der Waals surface area contributed by atoms with Gasteiger partial charge in [-0.15, -0.1) is 11.3 Å². The molecule has 1 saturated heterocycles. The molecule has 3 nitrogen and oxygen atoms in total. The lowest BCUT2D eigenvalue weighted by molar-refractivity contribution is -0.113. The Hall–Kier alpha value is -1.76. The van der Waals surface area contributed by atoms with Gasteiger partial charge in [-0.05, 0) is 48.7 Å². The van der Waals surface area contributed by atoms with Gasteiger partial charge in [-0.1, -0.05) is 30.0 Å². The number of anilines is 1. The first kappa shape index (κ1) is 15.1. The third kappa shape index (κ3) is 2.90. The molecule has 3 rings (SSSR count). The molecule has 0 unspecified atom stereocenters. The fourth-order valence-corrected chi connectivity index (χ4v) is 4.06. The minimum Gasteiger partial charge on any atom is -0.295 e. The number of ketones is 1. The van der Waals surface area contributed by atoms with Crippen LogP contribution in [0.3, 0.4) is 0 Å². The highest BCUT2D eigenvalue weighted by atomic mass is 32.2. The molecule has 1 aliphatic rings. The van der Waals surface area contributed by atoms with Gasteiger partial charge < -0.3 is 0 Å². The van der Waals surface area contributed by atoms with E-state index in [1.165, 1.54) is 23.6 Å². The van der Waals surface area contributed by atoms with E-state index in [4.69, 9.17) is 12.2 Å². The van der Waals surface area contributed by atoms with E-state index in [1.54, 1.807) is 35.6 Å². The molecule has 1 amide bonds. The summed E-state index contributed by atoms with van der Waals surface area (Å²) in [5.74, 6) is -0.131. The monoisotopic (exact) mass is 345 g/mol. The van der Waals surface area contributed by atoms with Crippen LogP contribution in [0.25, 0.3) is 6.08 Å². The van der Waals surface area contributed by atoms with Crippen LogP contribution in [0.4, 0.5) is 5.69 Å². The topological polar surface area (TPSA) is 37.4 Å². The van der Waals surface area contributed by atoms with Crippen LogP contribution in [0.5, 0.6) is 0 Å². The lowest BCUT2D eigenvalue weighted by Crippen LogP contribution is -2.27. The van der Waals surface area contributed by atoms with Gasteiger partial charge in [0.05, 0.1) is 10.6 Å². The zero-order valence-corrected chi connectivity index (χ0v) is 14.1. The summed E-state index contributed by atoms with van der Waals surface area (Å²) in [5.41, 5.74) is 1.30. The van der Waals surface area contributed by atoms with E-state index in [0.29, 0.717) is 20.5 Å². The minimum absolute atomic E-state index is 0.00506. The Morgan fingerprint density at radius 1 is 1.23 bits per heavy atom.